The Kier molecular flexibility index (Phi) is 3.41. The second-order valence-corrected chi connectivity index (χ2v) is 8.07. The highest BCUT2D eigenvalue weighted by molar-refractivity contribution is 7.19. The van der Waals surface area contributed by atoms with E-state index in [0.29, 0.717) is 23.0 Å². The molecule has 0 saturated heterocycles. The maximum atomic E-state index is 12.5. The summed E-state index contributed by atoms with van der Waals surface area (Å²) >= 11 is 1.63. The van der Waals surface area contributed by atoms with Gasteiger partial charge in [-0.3, -0.25) is 15.1 Å². The van der Waals surface area contributed by atoms with Crippen LogP contribution < -0.4 is 5.69 Å². The standard InChI is InChI=1S/C18H15N5O3S/c1-9-2-7-12-13(8-9)27-17-14(12)16-19-15(21-22(16)18(24)20-17)10-3-5-11(6-4-10)23(25)26/h3-6,9H,2,7-8H2,1H3,(H,20,24)/t9-/m1/s1. The molecule has 0 spiro atoms. The van der Waals surface area contributed by atoms with Crippen LogP contribution in [0.2, 0.25) is 0 Å². The molecule has 0 amide bonds. The number of nitrogens with one attached hydrogen (secondary N) is 1. The Morgan fingerprint density at radius 3 is 2.85 bits per heavy atom. The highest BCUT2D eigenvalue weighted by Gasteiger charge is 2.24. The topological polar surface area (TPSA) is 106 Å². The number of thiophene rings is 1. The molecule has 3 aromatic heterocycles. The van der Waals surface area contributed by atoms with Crippen LogP contribution in [-0.4, -0.2) is 24.5 Å². The van der Waals surface area contributed by atoms with Crippen LogP contribution in [0.5, 0.6) is 0 Å². The predicted octanol–water partition coefficient (Wildman–Crippen LogP) is 3.33. The second-order valence-electron chi connectivity index (χ2n) is 6.96. The lowest BCUT2D eigenvalue weighted by Gasteiger charge is -2.17. The first-order valence-corrected chi connectivity index (χ1v) is 9.51. The lowest BCUT2D eigenvalue weighted by Crippen LogP contribution is -2.17. The number of nitrogens with zero attached hydrogens (tertiary/aromatic N) is 4. The van der Waals surface area contributed by atoms with Crippen molar-refractivity contribution in [3.63, 3.8) is 0 Å². The van der Waals surface area contributed by atoms with E-state index in [4.69, 9.17) is 0 Å². The number of non-ortho nitro benzene ring substituents is 1. The van der Waals surface area contributed by atoms with Crippen LogP contribution in [0.15, 0.2) is 29.1 Å². The van der Waals surface area contributed by atoms with E-state index >= 15 is 0 Å². The minimum absolute atomic E-state index is 0.00350. The minimum Gasteiger partial charge on any atom is -0.297 e. The molecule has 0 fully saturated rings. The van der Waals surface area contributed by atoms with Gasteiger partial charge in [0.15, 0.2) is 11.5 Å². The summed E-state index contributed by atoms with van der Waals surface area (Å²) in [5, 5.41) is 16.2. The van der Waals surface area contributed by atoms with Crippen LogP contribution in [0.1, 0.15) is 23.8 Å². The van der Waals surface area contributed by atoms with Crippen molar-refractivity contribution < 1.29 is 4.92 Å². The molecule has 1 aromatic carbocycles. The third-order valence-corrected chi connectivity index (χ3v) is 6.26. The molecule has 4 aromatic rings. The van der Waals surface area contributed by atoms with E-state index in [0.717, 1.165) is 29.5 Å². The summed E-state index contributed by atoms with van der Waals surface area (Å²) in [6, 6.07) is 6.02. The van der Waals surface area contributed by atoms with Crippen molar-refractivity contribution in [2.45, 2.75) is 26.2 Å². The molecule has 0 bridgehead atoms. The van der Waals surface area contributed by atoms with Gasteiger partial charge in [-0.25, -0.2) is 9.78 Å². The molecule has 1 aliphatic carbocycles. The number of nitro groups is 1. The third-order valence-electron chi connectivity index (χ3n) is 5.09. The number of benzene rings is 1. The number of aryl methyl sites for hydroxylation is 1. The van der Waals surface area contributed by atoms with Gasteiger partial charge in [0.2, 0.25) is 0 Å². The molecule has 5 rings (SSSR count). The van der Waals surface area contributed by atoms with Crippen molar-refractivity contribution in [2.24, 2.45) is 5.92 Å². The molecular formula is C18H15N5O3S. The van der Waals surface area contributed by atoms with Crippen molar-refractivity contribution in [1.29, 1.82) is 0 Å². The van der Waals surface area contributed by atoms with Gasteiger partial charge in [0.05, 0.1) is 10.3 Å². The summed E-state index contributed by atoms with van der Waals surface area (Å²) < 4.78 is 1.30. The van der Waals surface area contributed by atoms with Crippen LogP contribution >= 0.6 is 11.3 Å². The van der Waals surface area contributed by atoms with Gasteiger partial charge in [0.1, 0.15) is 4.83 Å². The average Bonchev–Trinajstić information content (AvgIpc) is 3.22. The number of hydrogen-bond acceptors (Lipinski definition) is 6. The van der Waals surface area contributed by atoms with Gasteiger partial charge in [-0.15, -0.1) is 16.4 Å². The number of fused-ring (bicyclic) bond motifs is 5. The summed E-state index contributed by atoms with van der Waals surface area (Å²) in [5.41, 5.74) is 2.12. The molecule has 136 valence electrons. The van der Waals surface area contributed by atoms with E-state index in [1.54, 1.807) is 23.5 Å². The Hall–Kier alpha value is -3.07. The molecule has 0 aliphatic heterocycles. The Bertz CT molecular complexity index is 1270. The van der Waals surface area contributed by atoms with Gasteiger partial charge in [-0.1, -0.05) is 6.92 Å². The van der Waals surface area contributed by atoms with E-state index < -0.39 is 4.92 Å². The van der Waals surface area contributed by atoms with E-state index in [9.17, 15) is 14.9 Å². The zero-order valence-corrected chi connectivity index (χ0v) is 15.2. The summed E-state index contributed by atoms with van der Waals surface area (Å²) in [5.74, 6) is 1.02. The molecule has 3 heterocycles. The van der Waals surface area contributed by atoms with Crippen LogP contribution in [0.4, 0.5) is 5.69 Å². The van der Waals surface area contributed by atoms with Crippen molar-refractivity contribution in [3.8, 4) is 11.4 Å². The Morgan fingerprint density at radius 2 is 2.11 bits per heavy atom. The van der Waals surface area contributed by atoms with E-state index in [1.165, 1.54) is 27.1 Å². The van der Waals surface area contributed by atoms with Gasteiger partial charge >= 0.3 is 5.69 Å². The first-order valence-electron chi connectivity index (χ1n) is 8.69. The third kappa shape index (κ3) is 2.46. The quantitative estimate of drug-likeness (QED) is 0.423. The predicted molar refractivity (Wildman–Crippen MR) is 102 cm³/mol. The molecule has 0 saturated carbocycles. The fourth-order valence-electron chi connectivity index (χ4n) is 3.70. The molecule has 1 atom stereocenters. The van der Waals surface area contributed by atoms with Crippen molar-refractivity contribution >= 4 is 32.9 Å². The maximum Gasteiger partial charge on any atom is 0.349 e. The Morgan fingerprint density at radius 1 is 1.33 bits per heavy atom. The zero-order valence-electron chi connectivity index (χ0n) is 14.4. The normalized spacial score (nSPS) is 16.7. The van der Waals surface area contributed by atoms with E-state index in [1.807, 2.05) is 0 Å². The largest absolute Gasteiger partial charge is 0.349 e. The second kappa shape index (κ2) is 5.71. The monoisotopic (exact) mass is 381 g/mol. The smallest absolute Gasteiger partial charge is 0.297 e. The van der Waals surface area contributed by atoms with Crippen LogP contribution in [-0.2, 0) is 12.8 Å². The summed E-state index contributed by atoms with van der Waals surface area (Å²) in [4.78, 5) is 32.6. The van der Waals surface area contributed by atoms with Crippen LogP contribution in [0.25, 0.3) is 27.3 Å². The van der Waals surface area contributed by atoms with Gasteiger partial charge in [-0.2, -0.15) is 4.52 Å². The molecule has 9 heteroatoms. The molecule has 8 nitrogen and oxygen atoms in total. The number of rotatable bonds is 2. The van der Waals surface area contributed by atoms with Crippen molar-refractivity contribution in [2.75, 3.05) is 0 Å². The fourth-order valence-corrected chi connectivity index (χ4v) is 5.09. The summed E-state index contributed by atoms with van der Waals surface area (Å²) in [6.45, 7) is 2.25. The first kappa shape index (κ1) is 16.1. The Labute approximate surface area is 156 Å². The summed E-state index contributed by atoms with van der Waals surface area (Å²) in [7, 11) is 0. The highest BCUT2D eigenvalue weighted by atomic mass is 32.1. The van der Waals surface area contributed by atoms with Gasteiger partial charge in [0, 0.05) is 22.6 Å². The molecular weight excluding hydrogens is 366 g/mol. The van der Waals surface area contributed by atoms with Crippen LogP contribution in [0.3, 0.4) is 0 Å². The zero-order chi connectivity index (χ0) is 18.7. The van der Waals surface area contributed by atoms with E-state index in [-0.39, 0.29) is 11.4 Å². The minimum atomic E-state index is -0.451. The van der Waals surface area contributed by atoms with Gasteiger partial charge in [0.25, 0.3) is 5.69 Å². The lowest BCUT2D eigenvalue weighted by molar-refractivity contribution is -0.384. The van der Waals surface area contributed by atoms with Crippen molar-refractivity contribution in [3.05, 3.63) is 55.3 Å². The molecule has 27 heavy (non-hydrogen) atoms. The van der Waals surface area contributed by atoms with Crippen molar-refractivity contribution in [1.82, 2.24) is 19.6 Å². The Balaban J connectivity index is 1.73. The fraction of sp³-hybridized carbons (Fsp3) is 0.278. The van der Waals surface area contributed by atoms with Gasteiger partial charge < -0.3 is 0 Å². The summed E-state index contributed by atoms with van der Waals surface area (Å²) in [6.07, 6.45) is 3.11. The average molecular weight is 381 g/mol. The molecule has 0 radical (unpaired) electrons. The molecule has 1 aliphatic rings. The first-order chi connectivity index (χ1) is 13.0. The maximum absolute atomic E-state index is 12.5. The SMILES string of the molecule is C[C@@H]1CCc2c(sc3[nH]c(=O)n4nc(-c5ccc([N+](=O)[O-])cc5)nc4c23)C1. The number of nitro benzene ring substituents is 1. The van der Waals surface area contributed by atoms with Gasteiger partial charge in [-0.05, 0) is 42.9 Å². The molecule has 1 N–H and O–H groups in total. The number of hydrogen-bond donors (Lipinski definition) is 1. The number of aromatic amines is 1. The van der Waals surface area contributed by atoms with E-state index in [2.05, 4.69) is 22.0 Å². The lowest BCUT2D eigenvalue weighted by atomic mass is 9.89. The number of aromatic nitrogens is 4. The molecule has 0 unspecified atom stereocenters. The number of H-pyrrole nitrogens is 1. The highest BCUT2D eigenvalue weighted by Crippen LogP contribution is 2.38. The van der Waals surface area contributed by atoms with Crippen LogP contribution in [0, 0.1) is 16.0 Å².